The van der Waals surface area contributed by atoms with E-state index in [2.05, 4.69) is 46.2 Å². The molecule has 1 atom stereocenters. The Balaban J connectivity index is 1.90. The Morgan fingerprint density at radius 2 is 1.74 bits per heavy atom. The fourth-order valence-electron chi connectivity index (χ4n) is 2.43. The van der Waals surface area contributed by atoms with Gasteiger partial charge in [0.25, 0.3) is 0 Å². The summed E-state index contributed by atoms with van der Waals surface area (Å²) in [6, 6.07) is 16.4. The van der Waals surface area contributed by atoms with Gasteiger partial charge in [0, 0.05) is 35.8 Å². The van der Waals surface area contributed by atoms with Crippen LogP contribution in [0.3, 0.4) is 0 Å². The second-order valence-corrected chi connectivity index (χ2v) is 5.43. The van der Waals surface area contributed by atoms with E-state index in [4.69, 9.17) is 0 Å². The number of anilines is 1. The van der Waals surface area contributed by atoms with Crippen molar-refractivity contribution in [1.82, 2.24) is 15.0 Å². The van der Waals surface area contributed by atoms with Gasteiger partial charge in [-0.1, -0.05) is 37.3 Å². The monoisotopic (exact) mass is 304 g/mol. The van der Waals surface area contributed by atoms with Crippen molar-refractivity contribution in [3.63, 3.8) is 0 Å². The molecule has 0 aliphatic heterocycles. The molecule has 1 aromatic carbocycles. The fourth-order valence-corrected chi connectivity index (χ4v) is 2.43. The van der Waals surface area contributed by atoms with Gasteiger partial charge in [-0.3, -0.25) is 4.98 Å². The van der Waals surface area contributed by atoms with E-state index in [-0.39, 0.29) is 6.04 Å². The first-order valence-electron chi connectivity index (χ1n) is 7.86. The van der Waals surface area contributed by atoms with Gasteiger partial charge in [-0.25, -0.2) is 9.97 Å². The van der Waals surface area contributed by atoms with Crippen LogP contribution in [0.4, 0.5) is 5.82 Å². The summed E-state index contributed by atoms with van der Waals surface area (Å²) in [5.41, 5.74) is 3.23. The molecule has 4 nitrogen and oxygen atoms in total. The van der Waals surface area contributed by atoms with Gasteiger partial charge in [0.05, 0.1) is 0 Å². The Labute approximate surface area is 136 Å². The normalized spacial score (nSPS) is 11.9. The number of rotatable bonds is 5. The van der Waals surface area contributed by atoms with E-state index in [0.29, 0.717) is 0 Å². The van der Waals surface area contributed by atoms with Gasteiger partial charge in [-0.15, -0.1) is 0 Å². The number of hydrogen-bond donors (Lipinski definition) is 1. The van der Waals surface area contributed by atoms with E-state index in [1.54, 1.807) is 12.4 Å². The molecule has 23 heavy (non-hydrogen) atoms. The minimum absolute atomic E-state index is 0.182. The van der Waals surface area contributed by atoms with Crippen LogP contribution in [0.1, 0.15) is 31.1 Å². The molecule has 4 heteroatoms. The van der Waals surface area contributed by atoms with Crippen molar-refractivity contribution < 1.29 is 0 Å². The lowest BCUT2D eigenvalue weighted by Crippen LogP contribution is -2.09. The predicted molar refractivity (Wildman–Crippen MR) is 93.1 cm³/mol. The summed E-state index contributed by atoms with van der Waals surface area (Å²) in [6.07, 6.45) is 4.39. The molecular weight excluding hydrogens is 284 g/mol. The number of aromatic nitrogens is 3. The van der Waals surface area contributed by atoms with Crippen LogP contribution in [0.2, 0.25) is 0 Å². The van der Waals surface area contributed by atoms with Crippen LogP contribution >= 0.6 is 0 Å². The lowest BCUT2D eigenvalue weighted by atomic mass is 10.1. The molecule has 0 aliphatic rings. The molecule has 0 amide bonds. The molecule has 2 aromatic heterocycles. The van der Waals surface area contributed by atoms with Crippen molar-refractivity contribution in [3.05, 3.63) is 72.2 Å². The lowest BCUT2D eigenvalue weighted by molar-refractivity contribution is 0.868. The van der Waals surface area contributed by atoms with Gasteiger partial charge in [-0.05, 0) is 31.0 Å². The van der Waals surface area contributed by atoms with Crippen molar-refractivity contribution in [1.29, 1.82) is 0 Å². The highest BCUT2D eigenvalue weighted by Gasteiger charge is 2.09. The van der Waals surface area contributed by atoms with Crippen LogP contribution in [0, 0.1) is 0 Å². The van der Waals surface area contributed by atoms with Crippen LogP contribution < -0.4 is 5.32 Å². The van der Waals surface area contributed by atoms with E-state index < -0.39 is 0 Å². The third-order valence-corrected chi connectivity index (χ3v) is 3.74. The second kappa shape index (κ2) is 7.01. The highest BCUT2D eigenvalue weighted by atomic mass is 15.0. The molecule has 0 saturated heterocycles. The Bertz CT molecular complexity index is 757. The van der Waals surface area contributed by atoms with Crippen LogP contribution in [-0.2, 0) is 6.42 Å². The summed E-state index contributed by atoms with van der Waals surface area (Å²) in [7, 11) is 0. The number of aryl methyl sites for hydroxylation is 1. The molecule has 3 aromatic rings. The van der Waals surface area contributed by atoms with Gasteiger partial charge >= 0.3 is 0 Å². The molecule has 0 fully saturated rings. The maximum Gasteiger partial charge on any atom is 0.161 e. The molecule has 0 saturated carbocycles. The summed E-state index contributed by atoms with van der Waals surface area (Å²) >= 11 is 0. The van der Waals surface area contributed by atoms with Crippen LogP contribution in [0.25, 0.3) is 11.4 Å². The van der Waals surface area contributed by atoms with Crippen LogP contribution in [-0.4, -0.2) is 15.0 Å². The van der Waals surface area contributed by atoms with Crippen molar-refractivity contribution in [2.75, 3.05) is 5.32 Å². The first kappa shape index (κ1) is 15.2. The summed E-state index contributed by atoms with van der Waals surface area (Å²) in [5.74, 6) is 1.58. The molecule has 0 radical (unpaired) electrons. The van der Waals surface area contributed by atoms with Gasteiger partial charge in [-0.2, -0.15) is 0 Å². The molecule has 116 valence electrons. The molecule has 0 spiro atoms. The minimum Gasteiger partial charge on any atom is -0.363 e. The van der Waals surface area contributed by atoms with Gasteiger partial charge < -0.3 is 5.32 Å². The molecule has 3 rings (SSSR count). The first-order valence-corrected chi connectivity index (χ1v) is 7.86. The molecule has 0 aliphatic carbocycles. The molecule has 1 N–H and O–H groups in total. The topological polar surface area (TPSA) is 50.7 Å². The summed E-state index contributed by atoms with van der Waals surface area (Å²) < 4.78 is 0. The highest BCUT2D eigenvalue weighted by molar-refractivity contribution is 5.57. The maximum absolute atomic E-state index is 4.67. The van der Waals surface area contributed by atoms with Crippen molar-refractivity contribution >= 4 is 5.82 Å². The van der Waals surface area contributed by atoms with Crippen LogP contribution in [0.5, 0.6) is 0 Å². The molecule has 2 heterocycles. The lowest BCUT2D eigenvalue weighted by Gasteiger charge is -2.16. The number of pyridine rings is 1. The average Bonchev–Trinajstić information content (AvgIpc) is 2.63. The minimum atomic E-state index is 0.182. The zero-order chi connectivity index (χ0) is 16.1. The average molecular weight is 304 g/mol. The SMILES string of the molecule is CCc1cc(N[C@H](C)c2ccccc2)nc(-c2ccncc2)n1. The smallest absolute Gasteiger partial charge is 0.161 e. The summed E-state index contributed by atoms with van der Waals surface area (Å²) in [4.78, 5) is 13.3. The third-order valence-electron chi connectivity index (χ3n) is 3.74. The molecule has 0 unspecified atom stereocenters. The van der Waals surface area contributed by atoms with E-state index in [0.717, 1.165) is 29.3 Å². The number of nitrogens with zero attached hydrogens (tertiary/aromatic N) is 3. The summed E-state index contributed by atoms with van der Waals surface area (Å²) in [5, 5.41) is 3.48. The molecule has 0 bridgehead atoms. The number of benzene rings is 1. The Hall–Kier alpha value is -2.75. The zero-order valence-electron chi connectivity index (χ0n) is 13.4. The van der Waals surface area contributed by atoms with Gasteiger partial charge in [0.1, 0.15) is 5.82 Å². The third kappa shape index (κ3) is 3.72. The standard InChI is InChI=1S/C19H20N4/c1-3-17-13-18(21-14(2)15-7-5-4-6-8-15)23-19(22-17)16-9-11-20-12-10-16/h4-14H,3H2,1-2H3,(H,21,22,23)/t14-/m1/s1. The Morgan fingerprint density at radius 1 is 1.00 bits per heavy atom. The Kier molecular flexibility index (Phi) is 4.62. The largest absolute Gasteiger partial charge is 0.363 e. The molecular formula is C19H20N4. The van der Waals surface area contributed by atoms with Crippen molar-refractivity contribution in [3.8, 4) is 11.4 Å². The summed E-state index contributed by atoms with van der Waals surface area (Å²) in [6.45, 7) is 4.23. The first-order chi connectivity index (χ1) is 11.3. The highest BCUT2D eigenvalue weighted by Crippen LogP contribution is 2.21. The van der Waals surface area contributed by atoms with Crippen molar-refractivity contribution in [2.24, 2.45) is 0 Å². The fraction of sp³-hybridized carbons (Fsp3) is 0.211. The van der Waals surface area contributed by atoms with E-state index in [1.807, 2.05) is 36.4 Å². The van der Waals surface area contributed by atoms with Gasteiger partial charge in [0.15, 0.2) is 5.82 Å². The van der Waals surface area contributed by atoms with Crippen LogP contribution in [0.15, 0.2) is 60.9 Å². The van der Waals surface area contributed by atoms with E-state index >= 15 is 0 Å². The predicted octanol–water partition coefficient (Wildman–Crippen LogP) is 4.27. The number of nitrogens with one attached hydrogen (secondary N) is 1. The zero-order valence-corrected chi connectivity index (χ0v) is 13.4. The Morgan fingerprint density at radius 3 is 2.43 bits per heavy atom. The van der Waals surface area contributed by atoms with E-state index in [9.17, 15) is 0 Å². The maximum atomic E-state index is 4.67. The van der Waals surface area contributed by atoms with E-state index in [1.165, 1.54) is 5.56 Å². The van der Waals surface area contributed by atoms with Crippen molar-refractivity contribution in [2.45, 2.75) is 26.3 Å². The van der Waals surface area contributed by atoms with Gasteiger partial charge in [0.2, 0.25) is 0 Å². The second-order valence-electron chi connectivity index (χ2n) is 5.43. The number of hydrogen-bond acceptors (Lipinski definition) is 4. The quantitative estimate of drug-likeness (QED) is 0.764.